The minimum atomic E-state index is -0.995. The third-order valence-corrected chi connectivity index (χ3v) is 12.6. The van der Waals surface area contributed by atoms with Crippen LogP contribution in [0.4, 0.5) is 11.5 Å². The van der Waals surface area contributed by atoms with Gasteiger partial charge >= 0.3 is 0 Å². The van der Waals surface area contributed by atoms with Gasteiger partial charge in [-0.15, -0.1) is 0 Å². The van der Waals surface area contributed by atoms with Crippen molar-refractivity contribution in [3.8, 4) is 11.5 Å². The number of carbonyl (C=O) groups excluding carboxylic acids is 6. The number of unbranched alkanes of at least 4 members (excludes halogenated alkanes) is 1. The lowest BCUT2D eigenvalue weighted by molar-refractivity contribution is -0.136. The topological polar surface area (TPSA) is 190 Å². The largest absolute Gasteiger partial charge is 0.457 e. The summed E-state index contributed by atoms with van der Waals surface area (Å²) in [5.74, 6) is -0.540. The van der Waals surface area contributed by atoms with Crippen molar-refractivity contribution in [3.05, 3.63) is 107 Å². The highest BCUT2D eigenvalue weighted by molar-refractivity contribution is 6.36. The van der Waals surface area contributed by atoms with E-state index in [9.17, 15) is 28.8 Å². The Labute approximate surface area is 367 Å². The van der Waals surface area contributed by atoms with Crippen molar-refractivity contribution >= 4 is 69.5 Å². The summed E-state index contributed by atoms with van der Waals surface area (Å²) >= 11 is 6.63. The maximum atomic E-state index is 13.9. The fourth-order valence-corrected chi connectivity index (χ4v) is 9.19. The van der Waals surface area contributed by atoms with E-state index in [0.29, 0.717) is 59.0 Å². The smallest absolute Gasteiger partial charge is 0.262 e. The number of ketones is 1. The molecule has 17 heteroatoms. The number of nitrogens with one attached hydrogen (secondary N) is 3. The van der Waals surface area contributed by atoms with Crippen LogP contribution in [-0.4, -0.2) is 123 Å². The summed E-state index contributed by atoms with van der Waals surface area (Å²) in [6.07, 6.45) is 7.03. The molecule has 3 aromatic carbocycles. The number of amides is 5. The summed E-state index contributed by atoms with van der Waals surface area (Å²) < 4.78 is 5.89. The van der Waals surface area contributed by atoms with Gasteiger partial charge in [0.25, 0.3) is 11.8 Å². The van der Waals surface area contributed by atoms with E-state index in [1.165, 1.54) is 6.33 Å². The molecule has 0 saturated carbocycles. The van der Waals surface area contributed by atoms with Gasteiger partial charge in [-0.25, -0.2) is 9.97 Å². The average Bonchev–Trinajstić information content (AvgIpc) is 3.84. The van der Waals surface area contributed by atoms with Crippen LogP contribution in [0.15, 0.2) is 79.3 Å². The molecule has 0 spiro atoms. The average molecular weight is 872 g/mol. The van der Waals surface area contributed by atoms with E-state index in [1.807, 2.05) is 41.3 Å². The first kappa shape index (κ1) is 41.7. The minimum absolute atomic E-state index is 0.0680. The van der Waals surface area contributed by atoms with Gasteiger partial charge < -0.3 is 24.8 Å². The summed E-state index contributed by atoms with van der Waals surface area (Å²) in [6, 6.07) is 18.5. The highest BCUT2D eigenvalue weighted by atomic mass is 35.5. The van der Waals surface area contributed by atoms with Crippen LogP contribution in [-0.2, 0) is 14.4 Å². The highest BCUT2D eigenvalue weighted by Gasteiger charge is 2.45. The first-order chi connectivity index (χ1) is 30.6. The highest BCUT2D eigenvalue weighted by Crippen LogP contribution is 2.33. The maximum absolute atomic E-state index is 13.9. The summed E-state index contributed by atoms with van der Waals surface area (Å²) in [4.78, 5) is 97.3. The lowest BCUT2D eigenvalue weighted by Crippen LogP contribution is -2.54. The number of aromatic nitrogens is 3. The van der Waals surface area contributed by atoms with Crippen LogP contribution >= 0.6 is 11.6 Å². The van der Waals surface area contributed by atoms with E-state index in [0.717, 1.165) is 69.0 Å². The standard InChI is InChI=1S/C46H46ClN9O7/c47-36-24-31(63-30-8-2-1-3-9-30)12-14-33(36)41(59)35-25-48-42-40(35)43(50-27-49-42)51-28-7-6-18-55(26-28)39(58)10-4-5-17-53-19-21-54(22-20-53)29-11-13-32-34(23-29)46(62)56(45(32)61)37-15-16-38(57)52-44(37)60/h1-3,8-9,11-14,23-25,27-28,37H,4-7,10,15-22,26H2,(H,52,57,60)(H2,48,49,50,51). The normalized spacial score (nSPS) is 19.3. The zero-order chi connectivity index (χ0) is 43.6. The van der Waals surface area contributed by atoms with Crippen molar-refractivity contribution in [1.29, 1.82) is 0 Å². The Hall–Kier alpha value is -6.65. The molecule has 5 amide bonds. The summed E-state index contributed by atoms with van der Waals surface area (Å²) in [5.41, 5.74) is 2.60. The number of anilines is 2. The summed E-state index contributed by atoms with van der Waals surface area (Å²) in [6.45, 7) is 5.17. The molecule has 0 aliphatic carbocycles. The van der Waals surface area contributed by atoms with Gasteiger partial charge in [-0.1, -0.05) is 29.8 Å². The Morgan fingerprint density at radius 2 is 1.65 bits per heavy atom. The van der Waals surface area contributed by atoms with Gasteiger partial charge in [0.15, 0.2) is 5.78 Å². The lowest BCUT2D eigenvalue weighted by Gasteiger charge is -2.36. The Morgan fingerprint density at radius 3 is 2.44 bits per heavy atom. The van der Waals surface area contributed by atoms with Gasteiger partial charge in [-0.05, 0) is 81.1 Å². The van der Waals surface area contributed by atoms with Crippen LogP contribution in [0.1, 0.15) is 81.6 Å². The predicted octanol–water partition coefficient (Wildman–Crippen LogP) is 5.43. The quantitative estimate of drug-likeness (QED) is 0.0774. The van der Waals surface area contributed by atoms with Crippen LogP contribution in [0, 0.1) is 0 Å². The summed E-state index contributed by atoms with van der Waals surface area (Å²) in [7, 11) is 0. The van der Waals surface area contributed by atoms with Gasteiger partial charge in [-0.3, -0.25) is 43.9 Å². The molecule has 9 rings (SSSR count). The number of fused-ring (bicyclic) bond motifs is 2. The van der Waals surface area contributed by atoms with Crippen LogP contribution in [0.25, 0.3) is 11.0 Å². The van der Waals surface area contributed by atoms with Gasteiger partial charge in [0, 0.05) is 81.7 Å². The van der Waals surface area contributed by atoms with Crippen molar-refractivity contribution in [2.24, 2.45) is 0 Å². The van der Waals surface area contributed by atoms with Crippen LogP contribution in [0.5, 0.6) is 11.5 Å². The number of piperazine rings is 1. The fourth-order valence-electron chi connectivity index (χ4n) is 8.93. The molecule has 4 aliphatic heterocycles. The molecule has 0 bridgehead atoms. The Morgan fingerprint density at radius 1 is 0.841 bits per heavy atom. The molecule has 63 heavy (non-hydrogen) atoms. The first-order valence-corrected chi connectivity index (χ1v) is 21.8. The number of benzene rings is 3. The van der Waals surface area contributed by atoms with E-state index < -0.39 is 29.7 Å². The van der Waals surface area contributed by atoms with Crippen molar-refractivity contribution in [2.45, 2.75) is 57.0 Å². The summed E-state index contributed by atoms with van der Waals surface area (Å²) in [5, 5.41) is 6.56. The van der Waals surface area contributed by atoms with Crippen molar-refractivity contribution < 1.29 is 33.5 Å². The monoisotopic (exact) mass is 871 g/mol. The van der Waals surface area contributed by atoms with E-state index in [2.05, 4.69) is 35.4 Å². The number of likely N-dealkylation sites (tertiary alicyclic amines) is 1. The minimum Gasteiger partial charge on any atom is -0.457 e. The molecule has 5 aromatic rings. The third-order valence-electron chi connectivity index (χ3n) is 12.3. The second-order valence-corrected chi connectivity index (χ2v) is 16.7. The molecule has 16 nitrogen and oxygen atoms in total. The van der Waals surface area contributed by atoms with E-state index in [1.54, 1.807) is 36.5 Å². The zero-order valence-electron chi connectivity index (χ0n) is 34.5. The SMILES string of the molecule is O=C1CCC(N2C(=O)c3ccc(N4CCN(CCCCC(=O)N5CCCC(Nc6ncnc7[nH]cc(C(=O)c8ccc(Oc9ccccc9)cc8Cl)c67)C5)CC4)cc3C2=O)C(=O)N1. The number of aromatic amines is 1. The van der Waals surface area contributed by atoms with Crippen molar-refractivity contribution in [3.63, 3.8) is 0 Å². The van der Waals surface area contributed by atoms with Gasteiger partial charge in [-0.2, -0.15) is 0 Å². The van der Waals surface area contributed by atoms with Gasteiger partial charge in [0.05, 0.1) is 27.1 Å². The van der Waals surface area contributed by atoms with Crippen molar-refractivity contribution in [2.75, 3.05) is 56.0 Å². The number of carbonyl (C=O) groups is 6. The van der Waals surface area contributed by atoms with E-state index in [4.69, 9.17) is 16.3 Å². The molecule has 4 aliphatic rings. The second kappa shape index (κ2) is 18.0. The Kier molecular flexibility index (Phi) is 11.9. The number of imide groups is 2. The number of halogens is 1. The number of piperidine rings is 2. The fraction of sp³-hybridized carbons (Fsp3) is 0.348. The van der Waals surface area contributed by atoms with Crippen LogP contribution in [0.2, 0.25) is 5.02 Å². The van der Waals surface area contributed by atoms with Crippen LogP contribution < -0.4 is 20.3 Å². The molecule has 3 fully saturated rings. The molecule has 2 aromatic heterocycles. The molecular formula is C46H46ClN9O7. The van der Waals surface area contributed by atoms with Gasteiger partial charge in [0.2, 0.25) is 17.7 Å². The number of para-hydroxylation sites is 1. The number of rotatable bonds is 13. The number of ether oxygens (including phenoxy) is 1. The Bertz CT molecular complexity index is 2610. The predicted molar refractivity (Wildman–Crippen MR) is 234 cm³/mol. The number of hydrogen-bond donors (Lipinski definition) is 3. The lowest BCUT2D eigenvalue weighted by atomic mass is 10.0. The number of H-pyrrole nitrogens is 1. The molecule has 2 unspecified atom stereocenters. The number of nitrogens with zero attached hydrogens (tertiary/aromatic N) is 6. The van der Waals surface area contributed by atoms with Crippen molar-refractivity contribution in [1.82, 2.24) is 35.0 Å². The third kappa shape index (κ3) is 8.73. The Balaban J connectivity index is 0.741. The van der Waals surface area contributed by atoms with Crippen LogP contribution in [0.3, 0.4) is 0 Å². The first-order valence-electron chi connectivity index (χ1n) is 21.4. The molecule has 3 saturated heterocycles. The van der Waals surface area contributed by atoms with E-state index in [-0.39, 0.29) is 46.7 Å². The molecule has 0 radical (unpaired) electrons. The zero-order valence-corrected chi connectivity index (χ0v) is 35.2. The van der Waals surface area contributed by atoms with Gasteiger partial charge in [0.1, 0.15) is 35.3 Å². The molecule has 6 heterocycles. The molecule has 324 valence electrons. The maximum Gasteiger partial charge on any atom is 0.262 e. The molecular weight excluding hydrogens is 826 g/mol. The van der Waals surface area contributed by atoms with E-state index >= 15 is 0 Å². The second-order valence-electron chi connectivity index (χ2n) is 16.3. The molecule has 2 atom stereocenters. The molecule has 3 N–H and O–H groups in total. The number of hydrogen-bond acceptors (Lipinski definition) is 12.